The number of hydrogen-bond donors (Lipinski definition) is 2. The highest BCUT2D eigenvalue weighted by atomic mass is 79.9. The highest BCUT2D eigenvalue weighted by molar-refractivity contribution is 9.10. The molecule has 0 aliphatic heterocycles. The lowest BCUT2D eigenvalue weighted by atomic mass is 10.4. The standard InChI is InChI=1S/C10H12BrN5S/c1-2-6-4-13-9(17-6)5-14-10-15-7(11)3-8(12)16-10/h3-4H,2,5H2,1H3,(H3,12,14,15,16). The van der Waals surface area contributed by atoms with Crippen molar-refractivity contribution in [3.63, 3.8) is 0 Å². The molecule has 0 saturated carbocycles. The number of halogens is 1. The van der Waals surface area contributed by atoms with Gasteiger partial charge in [-0.15, -0.1) is 11.3 Å². The molecule has 2 aromatic rings. The molecule has 0 spiro atoms. The van der Waals surface area contributed by atoms with Gasteiger partial charge in [0, 0.05) is 17.1 Å². The fourth-order valence-corrected chi connectivity index (χ4v) is 2.47. The number of thiazole rings is 1. The molecule has 17 heavy (non-hydrogen) atoms. The predicted octanol–water partition coefficient (Wildman–Crippen LogP) is 2.45. The molecule has 0 fully saturated rings. The molecule has 0 unspecified atom stereocenters. The Morgan fingerprint density at radius 2 is 2.29 bits per heavy atom. The van der Waals surface area contributed by atoms with E-state index in [-0.39, 0.29) is 0 Å². The molecule has 0 amide bonds. The van der Waals surface area contributed by atoms with Crippen molar-refractivity contribution in [2.75, 3.05) is 11.1 Å². The summed E-state index contributed by atoms with van der Waals surface area (Å²) in [7, 11) is 0. The molecule has 0 saturated heterocycles. The monoisotopic (exact) mass is 313 g/mol. The van der Waals surface area contributed by atoms with Crippen LogP contribution in [0.25, 0.3) is 0 Å². The predicted molar refractivity (Wildman–Crippen MR) is 73.0 cm³/mol. The van der Waals surface area contributed by atoms with E-state index in [2.05, 4.69) is 43.1 Å². The smallest absolute Gasteiger partial charge is 0.226 e. The van der Waals surface area contributed by atoms with E-state index in [0.717, 1.165) is 11.4 Å². The number of nitrogens with zero attached hydrogens (tertiary/aromatic N) is 3. The average molecular weight is 314 g/mol. The van der Waals surface area contributed by atoms with Crippen molar-refractivity contribution < 1.29 is 0 Å². The van der Waals surface area contributed by atoms with Gasteiger partial charge in [-0.2, -0.15) is 4.98 Å². The lowest BCUT2D eigenvalue weighted by Crippen LogP contribution is -2.05. The van der Waals surface area contributed by atoms with Crippen molar-refractivity contribution in [2.24, 2.45) is 0 Å². The molecule has 5 nitrogen and oxygen atoms in total. The van der Waals surface area contributed by atoms with E-state index in [0.29, 0.717) is 22.9 Å². The van der Waals surface area contributed by atoms with E-state index in [1.807, 2.05) is 6.20 Å². The van der Waals surface area contributed by atoms with E-state index in [9.17, 15) is 0 Å². The number of nitrogens with two attached hydrogens (primary N) is 1. The molecule has 2 aromatic heterocycles. The van der Waals surface area contributed by atoms with Gasteiger partial charge in [0.25, 0.3) is 0 Å². The van der Waals surface area contributed by atoms with Crippen LogP contribution >= 0.6 is 27.3 Å². The van der Waals surface area contributed by atoms with E-state index in [1.165, 1.54) is 4.88 Å². The van der Waals surface area contributed by atoms with E-state index in [4.69, 9.17) is 5.73 Å². The van der Waals surface area contributed by atoms with Crippen LogP contribution in [0.3, 0.4) is 0 Å². The first-order valence-corrected chi connectivity index (χ1v) is 6.76. The Morgan fingerprint density at radius 3 is 2.94 bits per heavy atom. The normalized spacial score (nSPS) is 10.5. The Hall–Kier alpha value is -1.21. The molecular weight excluding hydrogens is 302 g/mol. The maximum atomic E-state index is 5.62. The largest absolute Gasteiger partial charge is 0.383 e. The summed E-state index contributed by atoms with van der Waals surface area (Å²) < 4.78 is 0.667. The summed E-state index contributed by atoms with van der Waals surface area (Å²) in [6.07, 6.45) is 2.91. The van der Waals surface area contributed by atoms with Crippen molar-refractivity contribution in [3.8, 4) is 0 Å². The lowest BCUT2D eigenvalue weighted by molar-refractivity contribution is 1.03. The van der Waals surface area contributed by atoms with Crippen LogP contribution in [0.15, 0.2) is 16.9 Å². The SMILES string of the molecule is CCc1cnc(CNc2nc(N)cc(Br)n2)s1. The Bertz CT molecular complexity index is 493. The van der Waals surface area contributed by atoms with Crippen LogP contribution in [-0.4, -0.2) is 15.0 Å². The summed E-state index contributed by atoms with van der Waals surface area (Å²) in [6, 6.07) is 1.66. The first kappa shape index (κ1) is 12.3. The Balaban J connectivity index is 2.01. The number of anilines is 2. The third kappa shape index (κ3) is 3.37. The molecule has 0 aliphatic rings. The second-order valence-electron chi connectivity index (χ2n) is 3.37. The second kappa shape index (κ2) is 5.42. The van der Waals surface area contributed by atoms with Gasteiger partial charge in [0.15, 0.2) is 0 Å². The van der Waals surface area contributed by atoms with Gasteiger partial charge in [0.1, 0.15) is 15.4 Å². The van der Waals surface area contributed by atoms with Gasteiger partial charge >= 0.3 is 0 Å². The van der Waals surface area contributed by atoms with Gasteiger partial charge in [0.2, 0.25) is 5.95 Å². The fourth-order valence-electron chi connectivity index (χ4n) is 1.26. The summed E-state index contributed by atoms with van der Waals surface area (Å²) in [6.45, 7) is 2.73. The Labute approximate surface area is 112 Å². The van der Waals surface area contributed by atoms with Crippen molar-refractivity contribution in [3.05, 3.63) is 26.8 Å². The summed E-state index contributed by atoms with van der Waals surface area (Å²) in [5.74, 6) is 0.938. The van der Waals surface area contributed by atoms with Crippen LogP contribution in [0.5, 0.6) is 0 Å². The number of hydrogen-bond acceptors (Lipinski definition) is 6. The molecule has 2 rings (SSSR count). The first-order chi connectivity index (χ1) is 8.17. The fraction of sp³-hybridized carbons (Fsp3) is 0.300. The minimum atomic E-state index is 0.433. The molecule has 0 atom stereocenters. The molecular formula is C10H12BrN5S. The molecule has 0 bridgehead atoms. The number of nitrogens with one attached hydrogen (secondary N) is 1. The van der Waals surface area contributed by atoms with E-state index < -0.39 is 0 Å². The lowest BCUT2D eigenvalue weighted by Gasteiger charge is -2.03. The zero-order valence-electron chi connectivity index (χ0n) is 9.27. The number of nitrogen functional groups attached to an aromatic ring is 1. The minimum Gasteiger partial charge on any atom is -0.383 e. The summed E-state index contributed by atoms with van der Waals surface area (Å²) >= 11 is 4.96. The zero-order chi connectivity index (χ0) is 12.3. The number of aryl methyl sites for hydroxylation is 1. The van der Waals surface area contributed by atoms with Crippen LogP contribution in [0.4, 0.5) is 11.8 Å². The topological polar surface area (TPSA) is 76.7 Å². The number of aromatic nitrogens is 3. The molecule has 2 heterocycles. The molecule has 90 valence electrons. The minimum absolute atomic E-state index is 0.433. The first-order valence-electron chi connectivity index (χ1n) is 5.15. The molecule has 0 aromatic carbocycles. The maximum Gasteiger partial charge on any atom is 0.226 e. The van der Waals surface area contributed by atoms with Crippen LogP contribution in [0.1, 0.15) is 16.8 Å². The second-order valence-corrected chi connectivity index (χ2v) is 5.38. The highest BCUT2D eigenvalue weighted by Gasteiger charge is 2.03. The van der Waals surface area contributed by atoms with Gasteiger partial charge in [0.05, 0.1) is 6.54 Å². The highest BCUT2D eigenvalue weighted by Crippen LogP contribution is 2.16. The van der Waals surface area contributed by atoms with Crippen molar-refractivity contribution >= 4 is 39.0 Å². The Morgan fingerprint density at radius 1 is 1.47 bits per heavy atom. The van der Waals surface area contributed by atoms with Gasteiger partial charge in [-0.3, -0.25) is 0 Å². The summed E-state index contributed by atoms with van der Waals surface area (Å²) in [4.78, 5) is 13.8. The number of rotatable bonds is 4. The van der Waals surface area contributed by atoms with E-state index in [1.54, 1.807) is 17.4 Å². The van der Waals surface area contributed by atoms with Crippen molar-refractivity contribution in [1.82, 2.24) is 15.0 Å². The van der Waals surface area contributed by atoms with Crippen LogP contribution in [-0.2, 0) is 13.0 Å². The molecule has 0 aliphatic carbocycles. The van der Waals surface area contributed by atoms with Gasteiger partial charge < -0.3 is 11.1 Å². The van der Waals surface area contributed by atoms with Crippen molar-refractivity contribution in [1.29, 1.82) is 0 Å². The van der Waals surface area contributed by atoms with Crippen LogP contribution < -0.4 is 11.1 Å². The average Bonchev–Trinajstić information content (AvgIpc) is 2.73. The van der Waals surface area contributed by atoms with Gasteiger partial charge in [-0.05, 0) is 22.4 Å². The summed E-state index contributed by atoms with van der Waals surface area (Å²) in [5.41, 5.74) is 5.62. The zero-order valence-corrected chi connectivity index (χ0v) is 11.7. The van der Waals surface area contributed by atoms with E-state index >= 15 is 0 Å². The van der Waals surface area contributed by atoms with Gasteiger partial charge in [-0.1, -0.05) is 6.92 Å². The van der Waals surface area contributed by atoms with Crippen LogP contribution in [0.2, 0.25) is 0 Å². The quantitative estimate of drug-likeness (QED) is 0.848. The third-order valence-corrected chi connectivity index (χ3v) is 3.61. The summed E-state index contributed by atoms with van der Waals surface area (Å²) in [5, 5.41) is 4.11. The maximum absolute atomic E-state index is 5.62. The molecule has 0 radical (unpaired) electrons. The van der Waals surface area contributed by atoms with Crippen LogP contribution in [0, 0.1) is 0 Å². The van der Waals surface area contributed by atoms with Gasteiger partial charge in [-0.25, -0.2) is 9.97 Å². The third-order valence-electron chi connectivity index (χ3n) is 2.06. The van der Waals surface area contributed by atoms with Crippen molar-refractivity contribution in [2.45, 2.75) is 19.9 Å². The molecule has 7 heteroatoms. The Kier molecular flexibility index (Phi) is 3.90. The molecule has 3 N–H and O–H groups in total.